The van der Waals surface area contributed by atoms with Gasteiger partial charge in [-0.2, -0.15) is 5.26 Å². The maximum atomic E-state index is 12.5. The van der Waals surface area contributed by atoms with E-state index in [0.29, 0.717) is 5.58 Å². The maximum Gasteiger partial charge on any atom is 0.420 e. The van der Waals surface area contributed by atoms with Crippen LogP contribution in [0.4, 0.5) is 0 Å². The minimum atomic E-state index is -0.649. The fourth-order valence-electron chi connectivity index (χ4n) is 5.38. The SMILES string of the molecule is CC.N#CC(CCCN1CCC(n2c(=O)oc3ccccc32)CC1)(c1ccccc1)c1ccccc1. The van der Waals surface area contributed by atoms with E-state index in [9.17, 15) is 10.1 Å². The van der Waals surface area contributed by atoms with Crippen LogP contribution >= 0.6 is 0 Å². The summed E-state index contributed by atoms with van der Waals surface area (Å²) < 4.78 is 7.27. The summed E-state index contributed by atoms with van der Waals surface area (Å²) in [5.41, 5.74) is 2.99. The van der Waals surface area contributed by atoms with Gasteiger partial charge in [0.2, 0.25) is 0 Å². The smallest absolute Gasteiger partial charge is 0.408 e. The lowest BCUT2D eigenvalue weighted by molar-refractivity contribution is 0.180. The summed E-state index contributed by atoms with van der Waals surface area (Å²) in [5, 5.41) is 10.4. The van der Waals surface area contributed by atoms with Crippen LogP contribution in [0.3, 0.4) is 0 Å². The molecule has 0 spiro atoms. The predicted molar refractivity (Wildman–Crippen MR) is 145 cm³/mol. The van der Waals surface area contributed by atoms with Crippen molar-refractivity contribution < 1.29 is 4.42 Å². The Labute approximate surface area is 213 Å². The van der Waals surface area contributed by atoms with Crippen LogP contribution in [0.1, 0.15) is 56.7 Å². The number of hydrogen-bond donors (Lipinski definition) is 0. The van der Waals surface area contributed by atoms with E-state index in [1.54, 1.807) is 0 Å². The first-order valence-electron chi connectivity index (χ1n) is 13.1. The Balaban J connectivity index is 0.00000148. The van der Waals surface area contributed by atoms with Crippen molar-refractivity contribution in [1.82, 2.24) is 9.47 Å². The van der Waals surface area contributed by atoms with Crippen LogP contribution in [0, 0.1) is 11.3 Å². The predicted octanol–water partition coefficient (Wildman–Crippen LogP) is 6.55. The van der Waals surface area contributed by atoms with Gasteiger partial charge in [0.15, 0.2) is 5.58 Å². The number of aromatic nitrogens is 1. The fourth-order valence-corrected chi connectivity index (χ4v) is 5.38. The van der Waals surface area contributed by atoms with Crippen LogP contribution in [-0.2, 0) is 5.41 Å². The molecule has 0 atom stereocenters. The number of likely N-dealkylation sites (tertiary alicyclic amines) is 1. The summed E-state index contributed by atoms with van der Waals surface area (Å²) in [4.78, 5) is 14.9. The van der Waals surface area contributed by atoms with Gasteiger partial charge in [-0.05, 0) is 55.5 Å². The highest BCUT2D eigenvalue weighted by Crippen LogP contribution is 2.36. The molecule has 1 saturated heterocycles. The number of nitrogens with zero attached hydrogens (tertiary/aromatic N) is 3. The largest absolute Gasteiger partial charge is 0.420 e. The minimum absolute atomic E-state index is 0.166. The summed E-state index contributed by atoms with van der Waals surface area (Å²) in [7, 11) is 0. The van der Waals surface area contributed by atoms with Gasteiger partial charge in [-0.25, -0.2) is 4.79 Å². The number of para-hydroxylation sites is 2. The van der Waals surface area contributed by atoms with Crippen LogP contribution in [-0.4, -0.2) is 29.1 Å². The molecule has 0 N–H and O–H groups in total. The molecule has 36 heavy (non-hydrogen) atoms. The molecule has 5 heteroatoms. The average Bonchev–Trinajstić information content (AvgIpc) is 3.29. The van der Waals surface area contributed by atoms with Crippen molar-refractivity contribution >= 4 is 11.1 Å². The highest BCUT2D eigenvalue weighted by atomic mass is 16.4. The zero-order valence-electron chi connectivity index (χ0n) is 21.3. The van der Waals surface area contributed by atoms with Gasteiger partial charge in [0.05, 0.1) is 11.6 Å². The van der Waals surface area contributed by atoms with Crippen molar-refractivity contribution in [2.45, 2.75) is 51.0 Å². The first-order chi connectivity index (χ1) is 17.7. The molecule has 0 radical (unpaired) electrons. The van der Waals surface area contributed by atoms with Crippen molar-refractivity contribution in [3.63, 3.8) is 0 Å². The molecule has 2 heterocycles. The number of oxazole rings is 1. The Kier molecular flexibility index (Phi) is 8.40. The highest BCUT2D eigenvalue weighted by Gasteiger charge is 2.34. The van der Waals surface area contributed by atoms with Crippen LogP contribution in [0.15, 0.2) is 94.1 Å². The lowest BCUT2D eigenvalue weighted by atomic mass is 9.72. The number of rotatable bonds is 7. The van der Waals surface area contributed by atoms with Gasteiger partial charge in [0.1, 0.15) is 5.41 Å². The molecular weight excluding hydrogens is 446 g/mol. The number of fused-ring (bicyclic) bond motifs is 1. The van der Waals surface area contributed by atoms with Gasteiger partial charge < -0.3 is 9.32 Å². The molecule has 1 aliphatic rings. The van der Waals surface area contributed by atoms with E-state index in [2.05, 4.69) is 35.2 Å². The molecule has 0 amide bonds. The Morgan fingerprint density at radius 2 is 1.44 bits per heavy atom. The van der Waals surface area contributed by atoms with Gasteiger partial charge in [0, 0.05) is 19.1 Å². The number of nitriles is 1. The van der Waals surface area contributed by atoms with Gasteiger partial charge in [-0.1, -0.05) is 86.6 Å². The standard InChI is InChI=1S/C29H29N3O2.C2H6/c30-22-29(23-10-3-1-4-11-23,24-12-5-2-6-13-24)18-9-19-31-20-16-25(17-21-31)32-26-14-7-8-15-27(26)34-28(32)33;1-2/h1-8,10-15,25H,9,16-21H2;1-2H3. The van der Waals surface area contributed by atoms with Gasteiger partial charge in [-0.3, -0.25) is 4.57 Å². The van der Waals surface area contributed by atoms with E-state index in [1.807, 2.05) is 79.1 Å². The topological polar surface area (TPSA) is 62.2 Å². The van der Waals surface area contributed by atoms with E-state index in [4.69, 9.17) is 4.42 Å². The lowest BCUT2D eigenvalue weighted by Gasteiger charge is -2.33. The highest BCUT2D eigenvalue weighted by molar-refractivity contribution is 5.72. The summed E-state index contributed by atoms with van der Waals surface area (Å²) in [6, 6.07) is 30.8. The third kappa shape index (κ3) is 5.15. The van der Waals surface area contributed by atoms with Crippen molar-refractivity contribution in [3.8, 4) is 6.07 Å². The van der Waals surface area contributed by atoms with Gasteiger partial charge in [0.25, 0.3) is 0 Å². The third-order valence-electron chi connectivity index (χ3n) is 7.19. The average molecular weight is 482 g/mol. The molecular formula is C31H35N3O2. The van der Waals surface area contributed by atoms with E-state index in [-0.39, 0.29) is 11.8 Å². The van der Waals surface area contributed by atoms with Crippen LogP contribution in [0.5, 0.6) is 0 Å². The van der Waals surface area contributed by atoms with E-state index < -0.39 is 5.41 Å². The van der Waals surface area contributed by atoms with Gasteiger partial charge in [-0.15, -0.1) is 0 Å². The Bertz CT molecular complexity index is 1290. The van der Waals surface area contributed by atoms with Crippen LogP contribution in [0.25, 0.3) is 11.1 Å². The third-order valence-corrected chi connectivity index (χ3v) is 7.19. The lowest BCUT2D eigenvalue weighted by Crippen LogP contribution is -2.37. The summed E-state index contributed by atoms with van der Waals surface area (Å²) in [5.74, 6) is -0.260. The van der Waals surface area contributed by atoms with E-state index in [0.717, 1.165) is 62.0 Å². The molecule has 186 valence electrons. The Hall–Kier alpha value is -3.62. The summed E-state index contributed by atoms with van der Waals surface area (Å²) in [6.07, 6.45) is 3.54. The number of hydrogen-bond acceptors (Lipinski definition) is 4. The second-order valence-electron chi connectivity index (χ2n) is 9.13. The van der Waals surface area contributed by atoms with Crippen molar-refractivity contribution in [1.29, 1.82) is 5.26 Å². The molecule has 0 bridgehead atoms. The van der Waals surface area contributed by atoms with Crippen molar-refractivity contribution in [2.75, 3.05) is 19.6 Å². The van der Waals surface area contributed by atoms with Crippen molar-refractivity contribution in [2.24, 2.45) is 0 Å². The molecule has 0 unspecified atom stereocenters. The minimum Gasteiger partial charge on any atom is -0.408 e. The van der Waals surface area contributed by atoms with Gasteiger partial charge >= 0.3 is 5.76 Å². The zero-order valence-corrected chi connectivity index (χ0v) is 21.3. The van der Waals surface area contributed by atoms with E-state index in [1.165, 1.54) is 0 Å². The number of benzene rings is 3. The Morgan fingerprint density at radius 1 is 0.889 bits per heavy atom. The molecule has 1 aliphatic heterocycles. The summed E-state index contributed by atoms with van der Waals surface area (Å²) >= 11 is 0. The van der Waals surface area contributed by atoms with Crippen molar-refractivity contribution in [3.05, 3.63) is 107 Å². The second kappa shape index (κ2) is 11.9. The first-order valence-corrected chi connectivity index (χ1v) is 13.1. The van der Waals surface area contributed by atoms with Crippen LogP contribution < -0.4 is 5.76 Å². The summed E-state index contributed by atoms with van der Waals surface area (Å²) in [6.45, 7) is 6.82. The molecule has 1 aromatic heterocycles. The first kappa shape index (κ1) is 25.5. The zero-order chi connectivity index (χ0) is 25.4. The molecule has 5 rings (SSSR count). The normalized spacial score (nSPS) is 14.7. The molecule has 0 aliphatic carbocycles. The monoisotopic (exact) mass is 481 g/mol. The van der Waals surface area contributed by atoms with E-state index >= 15 is 0 Å². The van der Waals surface area contributed by atoms with Crippen LogP contribution in [0.2, 0.25) is 0 Å². The number of piperidine rings is 1. The second-order valence-corrected chi connectivity index (χ2v) is 9.13. The molecule has 1 fully saturated rings. The maximum absolute atomic E-state index is 12.5. The quantitative estimate of drug-likeness (QED) is 0.300. The molecule has 4 aromatic rings. The molecule has 3 aromatic carbocycles. The fraction of sp³-hybridized carbons (Fsp3) is 0.355. The Morgan fingerprint density at radius 3 is 2.03 bits per heavy atom. The molecule has 0 saturated carbocycles. The molecule has 5 nitrogen and oxygen atoms in total.